The molecule has 0 unspecified atom stereocenters. The summed E-state index contributed by atoms with van der Waals surface area (Å²) in [6, 6.07) is 11.7. The van der Waals surface area contributed by atoms with Gasteiger partial charge in [0.05, 0.1) is 4.90 Å². The van der Waals surface area contributed by atoms with Crippen LogP contribution in [-0.2, 0) is 15.4 Å². The van der Waals surface area contributed by atoms with Gasteiger partial charge in [-0.3, -0.25) is 4.79 Å². The smallest absolute Gasteiger partial charge is 0.258 e. The van der Waals surface area contributed by atoms with Gasteiger partial charge in [0.1, 0.15) is 0 Å². The van der Waals surface area contributed by atoms with Gasteiger partial charge in [0, 0.05) is 39.1 Å². The second-order valence-corrected chi connectivity index (χ2v) is 13.0. The Hall–Kier alpha value is -1.84. The lowest BCUT2D eigenvalue weighted by molar-refractivity contribution is 0.0423. The molecule has 0 bridgehead atoms. The van der Waals surface area contributed by atoms with Gasteiger partial charge in [0.25, 0.3) is 5.91 Å². The van der Waals surface area contributed by atoms with Crippen molar-refractivity contribution in [2.75, 3.05) is 11.4 Å². The van der Waals surface area contributed by atoms with Gasteiger partial charge in [-0.2, -0.15) is 0 Å². The number of sulfonamides is 1. The molecule has 1 fully saturated rings. The minimum atomic E-state index is -3.80. The SMILES string of the molecule is CC(C)(C)NS(=O)(=O)c1cccc(C(=O)N2CC3(CCC(C(F)F)CC3)c3cc(Br)ccc32)c1. The van der Waals surface area contributed by atoms with Crippen LogP contribution in [0.25, 0.3) is 0 Å². The molecular formula is C25H29BrF2N2O3S. The molecule has 0 aromatic heterocycles. The number of carbonyl (C=O) groups is 1. The number of nitrogens with zero attached hydrogens (tertiary/aromatic N) is 1. The number of fused-ring (bicyclic) bond motifs is 2. The maximum Gasteiger partial charge on any atom is 0.258 e. The Morgan fingerprint density at radius 3 is 2.44 bits per heavy atom. The average molecular weight is 555 g/mol. The van der Waals surface area contributed by atoms with Crippen molar-refractivity contribution < 1.29 is 22.0 Å². The van der Waals surface area contributed by atoms with Gasteiger partial charge in [-0.25, -0.2) is 21.9 Å². The van der Waals surface area contributed by atoms with Crippen LogP contribution in [0.2, 0.25) is 0 Å². The Balaban J connectivity index is 1.67. The predicted octanol–water partition coefficient (Wildman–Crippen LogP) is 5.88. The summed E-state index contributed by atoms with van der Waals surface area (Å²) in [6.45, 7) is 5.65. The maximum absolute atomic E-state index is 13.6. The number of hydrogen-bond acceptors (Lipinski definition) is 3. The van der Waals surface area contributed by atoms with Crippen LogP contribution in [0.4, 0.5) is 14.5 Å². The predicted molar refractivity (Wildman–Crippen MR) is 132 cm³/mol. The summed E-state index contributed by atoms with van der Waals surface area (Å²) in [5.74, 6) is -0.910. The summed E-state index contributed by atoms with van der Waals surface area (Å²) in [4.78, 5) is 15.3. The average Bonchev–Trinajstić information content (AvgIpc) is 3.05. The van der Waals surface area contributed by atoms with E-state index >= 15 is 0 Å². The third-order valence-electron chi connectivity index (χ3n) is 6.70. The van der Waals surface area contributed by atoms with E-state index in [0.29, 0.717) is 32.2 Å². The molecule has 0 radical (unpaired) electrons. The standard InChI is InChI=1S/C25H29BrF2N2O3S/c1-24(2,3)29-34(32,33)19-6-4-5-17(13-19)23(31)30-15-25(11-9-16(10-12-25)22(27)28)20-14-18(26)7-8-21(20)30/h4-8,13-14,16,22,29H,9-12,15H2,1-3H3. The minimum Gasteiger partial charge on any atom is -0.307 e. The van der Waals surface area contributed by atoms with E-state index in [-0.39, 0.29) is 21.8 Å². The zero-order chi connectivity index (χ0) is 24.9. The number of alkyl halides is 2. The Morgan fingerprint density at radius 1 is 1.15 bits per heavy atom. The lowest BCUT2D eigenvalue weighted by atomic mass is 9.68. The van der Waals surface area contributed by atoms with Crippen molar-refractivity contribution in [2.24, 2.45) is 5.92 Å². The van der Waals surface area contributed by atoms with E-state index in [1.165, 1.54) is 12.1 Å². The lowest BCUT2D eigenvalue weighted by Crippen LogP contribution is -2.41. The molecule has 2 aliphatic rings. The molecule has 34 heavy (non-hydrogen) atoms. The number of nitrogens with one attached hydrogen (secondary N) is 1. The summed E-state index contributed by atoms with van der Waals surface area (Å²) in [5, 5.41) is 0. The van der Waals surface area contributed by atoms with E-state index in [9.17, 15) is 22.0 Å². The fourth-order valence-corrected chi connectivity index (χ4v) is 6.93. The largest absolute Gasteiger partial charge is 0.307 e. The highest BCUT2D eigenvalue weighted by atomic mass is 79.9. The topological polar surface area (TPSA) is 66.5 Å². The van der Waals surface area contributed by atoms with Crippen LogP contribution in [0.1, 0.15) is 62.4 Å². The summed E-state index contributed by atoms with van der Waals surface area (Å²) >= 11 is 3.51. The molecule has 2 aromatic rings. The zero-order valence-corrected chi connectivity index (χ0v) is 21.8. The van der Waals surface area contributed by atoms with Crippen LogP contribution < -0.4 is 9.62 Å². The molecule has 184 valence electrons. The number of halogens is 3. The van der Waals surface area contributed by atoms with Crippen LogP contribution >= 0.6 is 15.9 Å². The fraction of sp³-hybridized carbons (Fsp3) is 0.480. The highest BCUT2D eigenvalue weighted by molar-refractivity contribution is 9.10. The van der Waals surface area contributed by atoms with Gasteiger partial charge in [0.2, 0.25) is 16.4 Å². The van der Waals surface area contributed by atoms with Gasteiger partial charge in [-0.1, -0.05) is 22.0 Å². The molecule has 1 saturated carbocycles. The molecule has 4 rings (SSSR count). The Bertz CT molecular complexity index is 1200. The molecular weight excluding hydrogens is 526 g/mol. The number of hydrogen-bond donors (Lipinski definition) is 1. The van der Waals surface area contributed by atoms with E-state index in [0.717, 1.165) is 15.7 Å². The minimum absolute atomic E-state index is 0.0238. The van der Waals surface area contributed by atoms with Gasteiger partial charge < -0.3 is 4.90 Å². The number of rotatable bonds is 4. The molecule has 9 heteroatoms. The van der Waals surface area contributed by atoms with E-state index in [2.05, 4.69) is 20.7 Å². The van der Waals surface area contributed by atoms with E-state index < -0.39 is 27.9 Å². The molecule has 0 saturated heterocycles. The molecule has 0 atom stereocenters. The normalized spacial score (nSPS) is 22.9. The maximum atomic E-state index is 13.6. The summed E-state index contributed by atoms with van der Waals surface area (Å²) in [5.41, 5.74) is 0.969. The van der Waals surface area contributed by atoms with Gasteiger partial charge in [-0.15, -0.1) is 0 Å². The zero-order valence-electron chi connectivity index (χ0n) is 19.4. The van der Waals surface area contributed by atoms with Crippen molar-refractivity contribution in [3.8, 4) is 0 Å². The third-order valence-corrected chi connectivity index (χ3v) is 8.95. The molecule has 1 amide bonds. The molecule has 2 aromatic carbocycles. The van der Waals surface area contributed by atoms with Crippen molar-refractivity contribution in [1.29, 1.82) is 0 Å². The van der Waals surface area contributed by atoms with Crippen molar-refractivity contribution in [3.63, 3.8) is 0 Å². The molecule has 1 spiro atoms. The van der Waals surface area contributed by atoms with Crippen LogP contribution in [0, 0.1) is 5.92 Å². The Morgan fingerprint density at radius 2 is 1.82 bits per heavy atom. The number of carbonyl (C=O) groups excluding carboxylic acids is 1. The van der Waals surface area contributed by atoms with E-state index in [4.69, 9.17) is 0 Å². The molecule has 5 nitrogen and oxygen atoms in total. The van der Waals surface area contributed by atoms with E-state index in [1.54, 1.807) is 37.8 Å². The highest BCUT2D eigenvalue weighted by Gasteiger charge is 2.47. The monoisotopic (exact) mass is 554 g/mol. The van der Waals surface area contributed by atoms with Crippen molar-refractivity contribution in [1.82, 2.24) is 4.72 Å². The number of amides is 1. The van der Waals surface area contributed by atoms with Crippen LogP contribution in [-0.4, -0.2) is 32.8 Å². The molecule has 1 heterocycles. The number of benzene rings is 2. The van der Waals surface area contributed by atoms with Gasteiger partial charge >= 0.3 is 0 Å². The Labute approximate surface area is 208 Å². The molecule has 1 aliphatic carbocycles. The first-order valence-electron chi connectivity index (χ1n) is 11.4. The first kappa shape index (κ1) is 25.3. The first-order valence-corrected chi connectivity index (χ1v) is 13.6. The van der Waals surface area contributed by atoms with E-state index in [1.807, 2.05) is 18.2 Å². The fourth-order valence-electron chi connectivity index (χ4n) is 5.11. The summed E-state index contributed by atoms with van der Waals surface area (Å²) in [7, 11) is -3.80. The van der Waals surface area contributed by atoms with Crippen LogP contribution in [0.15, 0.2) is 51.8 Å². The second kappa shape index (κ2) is 8.99. The second-order valence-electron chi connectivity index (χ2n) is 10.4. The number of anilines is 1. The lowest BCUT2D eigenvalue weighted by Gasteiger charge is -2.37. The summed E-state index contributed by atoms with van der Waals surface area (Å²) < 4.78 is 55.7. The van der Waals surface area contributed by atoms with Crippen LogP contribution in [0.3, 0.4) is 0 Å². The van der Waals surface area contributed by atoms with Gasteiger partial charge in [0.15, 0.2) is 0 Å². The molecule has 1 aliphatic heterocycles. The Kier molecular flexibility index (Phi) is 6.68. The van der Waals surface area contributed by atoms with Crippen molar-refractivity contribution in [2.45, 2.75) is 68.7 Å². The molecule has 1 N–H and O–H groups in total. The first-order chi connectivity index (χ1) is 15.8. The highest BCUT2D eigenvalue weighted by Crippen LogP contribution is 2.52. The quantitative estimate of drug-likeness (QED) is 0.513. The van der Waals surface area contributed by atoms with Crippen LogP contribution in [0.5, 0.6) is 0 Å². The van der Waals surface area contributed by atoms with Crippen molar-refractivity contribution in [3.05, 3.63) is 58.1 Å². The summed E-state index contributed by atoms with van der Waals surface area (Å²) in [6.07, 6.45) is -0.335. The van der Waals surface area contributed by atoms with Crippen molar-refractivity contribution >= 4 is 37.5 Å². The van der Waals surface area contributed by atoms with Gasteiger partial charge in [-0.05, 0) is 88.4 Å². The third kappa shape index (κ3) is 4.93.